The molecule has 3 rings (SSSR count). The summed E-state index contributed by atoms with van der Waals surface area (Å²) in [5.41, 5.74) is 0. The molecule has 0 aromatic heterocycles. The first kappa shape index (κ1) is 7.42. The third-order valence-electron chi connectivity index (χ3n) is 3.12. The van der Waals surface area contributed by atoms with Crippen LogP contribution in [0.25, 0.3) is 0 Å². The van der Waals surface area contributed by atoms with Crippen molar-refractivity contribution < 1.29 is 5.11 Å². The van der Waals surface area contributed by atoms with Gasteiger partial charge < -0.3 is 5.11 Å². The van der Waals surface area contributed by atoms with Gasteiger partial charge in [0.1, 0.15) is 0 Å². The Labute approximate surface area is 77.9 Å². The van der Waals surface area contributed by atoms with Crippen LogP contribution in [0.4, 0.5) is 0 Å². The highest BCUT2D eigenvalue weighted by Gasteiger charge is 2.55. The van der Waals surface area contributed by atoms with Crippen molar-refractivity contribution in [2.24, 2.45) is 11.8 Å². The molecular weight excluding hydrogens is 196 g/mol. The summed E-state index contributed by atoms with van der Waals surface area (Å²) in [4.78, 5) is 0. The van der Waals surface area contributed by atoms with Gasteiger partial charge in [-0.15, -0.1) is 0 Å². The number of hydrogen-bond donors (Lipinski definition) is 1. The molecule has 2 saturated carbocycles. The third kappa shape index (κ3) is 0.929. The van der Waals surface area contributed by atoms with E-state index in [0.29, 0.717) is 5.92 Å². The summed E-state index contributed by atoms with van der Waals surface area (Å²) >= 11 is 0. The number of rotatable bonds is 0. The van der Waals surface area contributed by atoms with E-state index >= 15 is 0 Å². The molecule has 0 radical (unpaired) electrons. The van der Waals surface area contributed by atoms with E-state index in [-0.39, 0.29) is 6.10 Å². The van der Waals surface area contributed by atoms with E-state index in [0.717, 1.165) is 22.8 Å². The van der Waals surface area contributed by atoms with E-state index < -0.39 is 0 Å². The lowest BCUT2D eigenvalue weighted by Gasteiger charge is -2.25. The van der Waals surface area contributed by atoms with Crippen LogP contribution in [0.1, 0.15) is 12.8 Å². The summed E-state index contributed by atoms with van der Waals surface area (Å²) in [5.74, 6) is 1.48. The van der Waals surface area contributed by atoms with E-state index in [1.54, 1.807) is 0 Å². The van der Waals surface area contributed by atoms with Gasteiger partial charge in [-0.3, -0.25) is 0 Å². The molecule has 1 N–H and O–H groups in total. The van der Waals surface area contributed by atoms with Crippen LogP contribution in [-0.2, 0) is 0 Å². The van der Waals surface area contributed by atoms with Gasteiger partial charge in [-0.1, -0.05) is 21.6 Å². The normalized spacial score (nSPS) is 60.3. The maximum atomic E-state index is 9.63. The van der Waals surface area contributed by atoms with Crippen LogP contribution < -0.4 is 0 Å². The summed E-state index contributed by atoms with van der Waals surface area (Å²) in [6.07, 6.45) is 2.42. The first-order valence-electron chi connectivity index (χ1n) is 4.03. The van der Waals surface area contributed by atoms with E-state index in [1.165, 1.54) is 6.42 Å². The summed E-state index contributed by atoms with van der Waals surface area (Å²) in [7, 11) is 5.98. The Kier molecular flexibility index (Phi) is 1.69. The van der Waals surface area contributed by atoms with E-state index in [4.69, 9.17) is 0 Å². The van der Waals surface area contributed by atoms with Gasteiger partial charge in [-0.2, -0.15) is 0 Å². The molecule has 5 unspecified atom stereocenters. The fraction of sp³-hybridized carbons (Fsp3) is 1.00. The van der Waals surface area contributed by atoms with Crippen molar-refractivity contribution in [3.8, 4) is 0 Å². The van der Waals surface area contributed by atoms with Gasteiger partial charge in [0.2, 0.25) is 0 Å². The van der Waals surface area contributed by atoms with Gasteiger partial charge in [-0.05, 0) is 34.5 Å². The first-order chi connectivity index (χ1) is 5.36. The quantitative estimate of drug-likeness (QED) is 0.613. The predicted molar refractivity (Wildman–Crippen MR) is 52.6 cm³/mol. The Hall–Kier alpha value is 1.01. The minimum absolute atomic E-state index is 0.0352. The van der Waals surface area contributed by atoms with Crippen molar-refractivity contribution in [1.82, 2.24) is 0 Å². The standard InChI is InChI=1S/C7H10OS3/c8-5-2-3-1-4(5)7-6(3)9-11-10-7/h3-8H,1-2H2. The molecule has 0 amide bonds. The molecule has 1 nitrogen and oxygen atoms in total. The van der Waals surface area contributed by atoms with Crippen LogP contribution in [0, 0.1) is 11.8 Å². The minimum atomic E-state index is 0.0352. The molecule has 3 fully saturated rings. The molecule has 5 atom stereocenters. The van der Waals surface area contributed by atoms with Crippen LogP contribution in [-0.4, -0.2) is 21.7 Å². The van der Waals surface area contributed by atoms with Gasteiger partial charge in [-0.25, -0.2) is 0 Å². The van der Waals surface area contributed by atoms with Gasteiger partial charge in [0.05, 0.1) is 6.10 Å². The SMILES string of the molecule is OC1CC2CC1C1SSSC21. The summed E-state index contributed by atoms with van der Waals surface area (Å²) < 4.78 is 0. The van der Waals surface area contributed by atoms with Crippen molar-refractivity contribution in [3.63, 3.8) is 0 Å². The second-order valence-corrected chi connectivity index (χ2v) is 8.05. The van der Waals surface area contributed by atoms with Crippen molar-refractivity contribution >= 4 is 31.4 Å². The largest absolute Gasteiger partial charge is 0.393 e. The maximum absolute atomic E-state index is 9.63. The van der Waals surface area contributed by atoms with Gasteiger partial charge in [0.15, 0.2) is 0 Å². The molecule has 1 aliphatic heterocycles. The maximum Gasteiger partial charge on any atom is 0.0582 e. The van der Waals surface area contributed by atoms with Crippen molar-refractivity contribution in [3.05, 3.63) is 0 Å². The zero-order valence-corrected chi connectivity index (χ0v) is 8.42. The van der Waals surface area contributed by atoms with Gasteiger partial charge >= 0.3 is 0 Å². The molecule has 1 saturated heterocycles. The summed E-state index contributed by atoms with van der Waals surface area (Å²) in [6, 6.07) is 0. The Morgan fingerprint density at radius 2 is 1.91 bits per heavy atom. The van der Waals surface area contributed by atoms with Crippen molar-refractivity contribution in [2.45, 2.75) is 29.4 Å². The predicted octanol–water partition coefficient (Wildman–Crippen LogP) is 2.17. The average molecular weight is 206 g/mol. The Balaban J connectivity index is 1.90. The number of aliphatic hydroxyl groups excluding tert-OH is 1. The summed E-state index contributed by atoms with van der Waals surface area (Å²) in [6.45, 7) is 0. The van der Waals surface area contributed by atoms with Crippen LogP contribution in [0.5, 0.6) is 0 Å². The minimum Gasteiger partial charge on any atom is -0.393 e. The highest BCUT2D eigenvalue weighted by atomic mass is 33.5. The van der Waals surface area contributed by atoms with Crippen LogP contribution in [0.2, 0.25) is 0 Å². The molecule has 62 valence electrons. The topological polar surface area (TPSA) is 20.2 Å². The monoisotopic (exact) mass is 206 g/mol. The molecular formula is C7H10OS3. The Morgan fingerprint density at radius 3 is 2.82 bits per heavy atom. The Bertz CT molecular complexity index is 187. The smallest absolute Gasteiger partial charge is 0.0582 e. The molecule has 11 heavy (non-hydrogen) atoms. The lowest BCUT2D eigenvalue weighted by Crippen LogP contribution is -2.32. The molecule has 0 spiro atoms. The fourth-order valence-electron chi connectivity index (χ4n) is 2.59. The second kappa shape index (κ2) is 2.50. The molecule has 1 heterocycles. The number of fused-ring (bicyclic) bond motifs is 5. The highest BCUT2D eigenvalue weighted by Crippen LogP contribution is 2.65. The van der Waals surface area contributed by atoms with Crippen LogP contribution >= 0.6 is 31.4 Å². The second-order valence-electron chi connectivity index (χ2n) is 3.65. The molecule has 0 aromatic rings. The number of aliphatic hydroxyl groups is 1. The Morgan fingerprint density at radius 1 is 1.09 bits per heavy atom. The van der Waals surface area contributed by atoms with Crippen molar-refractivity contribution in [1.29, 1.82) is 0 Å². The van der Waals surface area contributed by atoms with E-state index in [2.05, 4.69) is 0 Å². The van der Waals surface area contributed by atoms with Crippen molar-refractivity contribution in [2.75, 3.05) is 0 Å². The third-order valence-corrected chi connectivity index (χ3v) is 8.44. The molecule has 0 aromatic carbocycles. The number of hydrogen-bond acceptors (Lipinski definition) is 4. The van der Waals surface area contributed by atoms with Crippen LogP contribution in [0.3, 0.4) is 0 Å². The lowest BCUT2D eigenvalue weighted by atomic mass is 9.97. The zero-order chi connectivity index (χ0) is 7.42. The molecule has 3 aliphatic rings. The van der Waals surface area contributed by atoms with E-state index in [1.807, 2.05) is 31.4 Å². The van der Waals surface area contributed by atoms with E-state index in [9.17, 15) is 5.11 Å². The first-order valence-corrected chi connectivity index (χ1v) is 7.64. The van der Waals surface area contributed by atoms with Gasteiger partial charge in [0, 0.05) is 10.5 Å². The molecule has 4 heteroatoms. The van der Waals surface area contributed by atoms with Crippen LogP contribution in [0.15, 0.2) is 0 Å². The lowest BCUT2D eigenvalue weighted by molar-refractivity contribution is 0.119. The molecule has 2 aliphatic carbocycles. The highest BCUT2D eigenvalue weighted by molar-refractivity contribution is 9.11. The average Bonchev–Trinajstić information content (AvgIpc) is 2.52. The molecule has 2 bridgehead atoms. The fourth-order valence-corrected chi connectivity index (χ4v) is 9.37. The zero-order valence-electron chi connectivity index (χ0n) is 5.97. The summed E-state index contributed by atoms with van der Waals surface area (Å²) in [5, 5.41) is 11.3. The van der Waals surface area contributed by atoms with Gasteiger partial charge in [0.25, 0.3) is 0 Å².